The second-order valence-corrected chi connectivity index (χ2v) is 5.79. The largest absolute Gasteiger partial charge is 0.356 e. The number of hydrogen-bond donors (Lipinski definition) is 1. The van der Waals surface area contributed by atoms with E-state index in [0.717, 1.165) is 16.3 Å². The smallest absolute Gasteiger partial charge is 0.251 e. The number of nitrogens with zero attached hydrogens (tertiary/aromatic N) is 1. The van der Waals surface area contributed by atoms with Crippen LogP contribution >= 0.6 is 0 Å². The van der Waals surface area contributed by atoms with E-state index in [4.69, 9.17) is 4.52 Å². The number of rotatable bonds is 4. The van der Waals surface area contributed by atoms with Crippen LogP contribution in [0.2, 0.25) is 0 Å². The molecule has 4 heteroatoms. The Hall–Kier alpha value is -3.40. The molecule has 25 heavy (non-hydrogen) atoms. The summed E-state index contributed by atoms with van der Waals surface area (Å²) in [6.45, 7) is 0.321. The van der Waals surface area contributed by atoms with Crippen LogP contribution < -0.4 is 5.32 Å². The number of benzene rings is 3. The third-order valence-electron chi connectivity index (χ3n) is 4.06. The lowest BCUT2D eigenvalue weighted by Crippen LogP contribution is -2.22. The Morgan fingerprint density at radius 1 is 0.880 bits per heavy atom. The molecule has 0 bridgehead atoms. The van der Waals surface area contributed by atoms with Gasteiger partial charge in [0.25, 0.3) is 5.91 Å². The van der Waals surface area contributed by atoms with Crippen LogP contribution in [0.25, 0.3) is 22.1 Å². The van der Waals surface area contributed by atoms with E-state index in [1.807, 2.05) is 78.9 Å². The fourth-order valence-corrected chi connectivity index (χ4v) is 2.74. The quantitative estimate of drug-likeness (QED) is 0.603. The molecule has 1 N–H and O–H groups in total. The fraction of sp³-hybridized carbons (Fsp3) is 0.0476. The number of carbonyl (C=O) groups is 1. The molecular weight excluding hydrogens is 312 g/mol. The minimum Gasteiger partial charge on any atom is -0.356 e. The van der Waals surface area contributed by atoms with Crippen molar-refractivity contribution in [1.29, 1.82) is 0 Å². The van der Waals surface area contributed by atoms with E-state index < -0.39 is 0 Å². The minimum atomic E-state index is -0.130. The van der Waals surface area contributed by atoms with Gasteiger partial charge in [0.15, 0.2) is 5.76 Å². The zero-order valence-electron chi connectivity index (χ0n) is 13.5. The zero-order chi connectivity index (χ0) is 17.1. The van der Waals surface area contributed by atoms with E-state index in [9.17, 15) is 4.79 Å². The van der Waals surface area contributed by atoms with Crippen molar-refractivity contribution in [2.24, 2.45) is 0 Å². The summed E-state index contributed by atoms with van der Waals surface area (Å²) in [7, 11) is 0. The monoisotopic (exact) mass is 328 g/mol. The van der Waals surface area contributed by atoms with Gasteiger partial charge in [-0.1, -0.05) is 65.8 Å². The summed E-state index contributed by atoms with van der Waals surface area (Å²) in [5.74, 6) is 0.561. The molecule has 0 saturated heterocycles. The molecule has 0 aliphatic heterocycles. The average Bonchev–Trinajstić information content (AvgIpc) is 3.15. The van der Waals surface area contributed by atoms with Crippen molar-refractivity contribution in [2.75, 3.05) is 0 Å². The predicted octanol–water partition coefficient (Wildman–Crippen LogP) is 4.42. The summed E-state index contributed by atoms with van der Waals surface area (Å²) >= 11 is 0. The molecule has 4 rings (SSSR count). The van der Waals surface area contributed by atoms with E-state index >= 15 is 0 Å². The highest BCUT2D eigenvalue weighted by Gasteiger charge is 2.09. The second kappa shape index (κ2) is 6.61. The lowest BCUT2D eigenvalue weighted by atomic mass is 10.1. The molecule has 122 valence electrons. The molecule has 4 nitrogen and oxygen atoms in total. The van der Waals surface area contributed by atoms with E-state index in [-0.39, 0.29) is 5.91 Å². The normalized spacial score (nSPS) is 10.7. The van der Waals surface area contributed by atoms with Gasteiger partial charge in [0.2, 0.25) is 0 Å². The van der Waals surface area contributed by atoms with Crippen LogP contribution in [-0.2, 0) is 6.54 Å². The number of aromatic nitrogens is 1. The SMILES string of the molecule is O=C(NCc1cc(-c2ccccc2)on1)c1ccc2ccccc2c1. The summed E-state index contributed by atoms with van der Waals surface area (Å²) < 4.78 is 5.35. The maximum atomic E-state index is 12.4. The van der Waals surface area contributed by atoms with Gasteiger partial charge in [-0.15, -0.1) is 0 Å². The summed E-state index contributed by atoms with van der Waals surface area (Å²) in [6.07, 6.45) is 0. The number of hydrogen-bond acceptors (Lipinski definition) is 3. The van der Waals surface area contributed by atoms with E-state index in [2.05, 4.69) is 10.5 Å². The van der Waals surface area contributed by atoms with Crippen LogP contribution in [-0.4, -0.2) is 11.1 Å². The Balaban J connectivity index is 1.45. The van der Waals surface area contributed by atoms with Gasteiger partial charge in [0.1, 0.15) is 5.69 Å². The number of carbonyl (C=O) groups excluding carboxylic acids is 1. The Bertz CT molecular complexity index is 1020. The maximum absolute atomic E-state index is 12.4. The Morgan fingerprint density at radius 2 is 1.64 bits per heavy atom. The highest BCUT2D eigenvalue weighted by Crippen LogP contribution is 2.20. The highest BCUT2D eigenvalue weighted by atomic mass is 16.5. The van der Waals surface area contributed by atoms with Gasteiger partial charge in [-0.05, 0) is 22.9 Å². The van der Waals surface area contributed by atoms with Crippen molar-refractivity contribution in [3.05, 3.63) is 90.1 Å². The maximum Gasteiger partial charge on any atom is 0.251 e. The topological polar surface area (TPSA) is 55.1 Å². The zero-order valence-corrected chi connectivity index (χ0v) is 13.5. The van der Waals surface area contributed by atoms with Crippen LogP contribution in [0.5, 0.6) is 0 Å². The van der Waals surface area contributed by atoms with E-state index in [0.29, 0.717) is 23.6 Å². The molecule has 0 aliphatic rings. The molecule has 1 heterocycles. The summed E-state index contributed by atoms with van der Waals surface area (Å²) in [4.78, 5) is 12.4. The minimum absolute atomic E-state index is 0.130. The van der Waals surface area contributed by atoms with Gasteiger partial charge >= 0.3 is 0 Å². The third-order valence-corrected chi connectivity index (χ3v) is 4.06. The first-order chi connectivity index (χ1) is 12.3. The summed E-state index contributed by atoms with van der Waals surface area (Å²) in [5, 5.41) is 9.06. The molecule has 4 aromatic rings. The van der Waals surface area contributed by atoms with Crippen molar-refractivity contribution in [1.82, 2.24) is 10.5 Å². The predicted molar refractivity (Wildman–Crippen MR) is 97.1 cm³/mol. The van der Waals surface area contributed by atoms with Gasteiger partial charge in [0.05, 0.1) is 6.54 Å². The van der Waals surface area contributed by atoms with Crippen molar-refractivity contribution in [3.63, 3.8) is 0 Å². The molecule has 1 aromatic heterocycles. The second-order valence-electron chi connectivity index (χ2n) is 5.79. The first-order valence-electron chi connectivity index (χ1n) is 8.07. The van der Waals surface area contributed by atoms with Crippen molar-refractivity contribution >= 4 is 16.7 Å². The van der Waals surface area contributed by atoms with Crippen LogP contribution in [0.3, 0.4) is 0 Å². The first kappa shape index (κ1) is 15.1. The Labute approximate surface area is 145 Å². The molecule has 0 atom stereocenters. The molecule has 0 spiro atoms. The molecular formula is C21H16N2O2. The number of nitrogens with one attached hydrogen (secondary N) is 1. The standard InChI is InChI=1S/C21H16N2O2/c24-21(18-11-10-15-6-4-5-9-17(15)12-18)22-14-19-13-20(25-23-19)16-7-2-1-3-8-16/h1-13H,14H2,(H,22,24). The molecule has 0 unspecified atom stereocenters. The average molecular weight is 328 g/mol. The number of fused-ring (bicyclic) bond motifs is 1. The molecule has 3 aromatic carbocycles. The Kier molecular flexibility index (Phi) is 4.01. The van der Waals surface area contributed by atoms with Gasteiger partial charge < -0.3 is 9.84 Å². The van der Waals surface area contributed by atoms with Crippen LogP contribution in [0.1, 0.15) is 16.1 Å². The molecule has 0 radical (unpaired) electrons. The fourth-order valence-electron chi connectivity index (χ4n) is 2.74. The van der Waals surface area contributed by atoms with Crippen LogP contribution in [0, 0.1) is 0 Å². The molecule has 1 amide bonds. The van der Waals surface area contributed by atoms with Crippen molar-refractivity contribution in [3.8, 4) is 11.3 Å². The lowest BCUT2D eigenvalue weighted by molar-refractivity contribution is 0.0950. The third kappa shape index (κ3) is 3.28. The van der Waals surface area contributed by atoms with Crippen LogP contribution in [0.4, 0.5) is 0 Å². The van der Waals surface area contributed by atoms with Gasteiger partial charge in [-0.25, -0.2) is 0 Å². The van der Waals surface area contributed by atoms with Crippen molar-refractivity contribution < 1.29 is 9.32 Å². The van der Waals surface area contributed by atoms with Crippen LogP contribution in [0.15, 0.2) is 83.4 Å². The Morgan fingerprint density at radius 3 is 2.48 bits per heavy atom. The lowest BCUT2D eigenvalue weighted by Gasteiger charge is -2.04. The van der Waals surface area contributed by atoms with E-state index in [1.54, 1.807) is 0 Å². The summed E-state index contributed by atoms with van der Waals surface area (Å²) in [6, 6.07) is 25.2. The van der Waals surface area contributed by atoms with Gasteiger partial charge in [-0.3, -0.25) is 4.79 Å². The molecule has 0 saturated carbocycles. The highest BCUT2D eigenvalue weighted by molar-refractivity contribution is 5.98. The van der Waals surface area contributed by atoms with Gasteiger partial charge in [-0.2, -0.15) is 0 Å². The van der Waals surface area contributed by atoms with E-state index in [1.165, 1.54) is 0 Å². The summed E-state index contributed by atoms with van der Waals surface area (Å²) in [5.41, 5.74) is 2.28. The molecule has 0 fully saturated rings. The van der Waals surface area contributed by atoms with Crippen molar-refractivity contribution in [2.45, 2.75) is 6.54 Å². The molecule has 0 aliphatic carbocycles. The van der Waals surface area contributed by atoms with Gasteiger partial charge in [0, 0.05) is 17.2 Å². The first-order valence-corrected chi connectivity index (χ1v) is 8.07. The number of amides is 1.